The lowest BCUT2D eigenvalue weighted by Crippen LogP contribution is -1.91. The minimum Gasteiger partial charge on any atom is -0.207 e. The van der Waals surface area contributed by atoms with Gasteiger partial charge in [0.2, 0.25) is 0 Å². The second-order valence-corrected chi connectivity index (χ2v) is 7.36. The van der Waals surface area contributed by atoms with Crippen LogP contribution in [0.25, 0.3) is 0 Å². The Hall–Kier alpha value is 0.100. The number of halogens is 4. The standard InChI is InChI=1S/C12H8Br2ClFS/c1-6-4-10(17-12(6)14)11(13)8-3-2-7(16)5-9(8)15/h2-5,11H,1H3. The average Bonchev–Trinajstić information content (AvgIpc) is 2.58. The lowest BCUT2D eigenvalue weighted by atomic mass is 10.1. The predicted octanol–water partition coefficient (Wildman–Crippen LogP) is 6.10. The summed E-state index contributed by atoms with van der Waals surface area (Å²) < 4.78 is 14.1. The van der Waals surface area contributed by atoms with E-state index in [1.54, 1.807) is 17.4 Å². The summed E-state index contributed by atoms with van der Waals surface area (Å²) >= 11 is 14.8. The van der Waals surface area contributed by atoms with Gasteiger partial charge in [0.1, 0.15) is 5.82 Å². The van der Waals surface area contributed by atoms with Crippen molar-refractivity contribution in [2.24, 2.45) is 0 Å². The summed E-state index contributed by atoms with van der Waals surface area (Å²) in [6.45, 7) is 2.04. The van der Waals surface area contributed by atoms with Crippen LogP contribution < -0.4 is 0 Å². The van der Waals surface area contributed by atoms with Crippen LogP contribution in [-0.2, 0) is 0 Å². The fourth-order valence-corrected chi connectivity index (χ4v) is 4.26. The van der Waals surface area contributed by atoms with Gasteiger partial charge in [-0.3, -0.25) is 0 Å². The highest BCUT2D eigenvalue weighted by Gasteiger charge is 2.17. The molecule has 0 N–H and O–H groups in total. The molecule has 1 unspecified atom stereocenters. The molecule has 1 heterocycles. The van der Waals surface area contributed by atoms with Crippen molar-refractivity contribution in [3.63, 3.8) is 0 Å². The molecular weight excluding hydrogens is 390 g/mol. The average molecular weight is 399 g/mol. The first-order valence-corrected chi connectivity index (χ1v) is 7.74. The highest BCUT2D eigenvalue weighted by atomic mass is 79.9. The fourth-order valence-electron chi connectivity index (χ4n) is 1.47. The van der Waals surface area contributed by atoms with Gasteiger partial charge in [0, 0.05) is 9.90 Å². The van der Waals surface area contributed by atoms with Gasteiger partial charge < -0.3 is 0 Å². The molecule has 0 fully saturated rings. The maximum absolute atomic E-state index is 13.0. The maximum atomic E-state index is 13.0. The van der Waals surface area contributed by atoms with E-state index >= 15 is 0 Å². The van der Waals surface area contributed by atoms with Gasteiger partial charge in [0.25, 0.3) is 0 Å². The van der Waals surface area contributed by atoms with Crippen molar-refractivity contribution in [3.05, 3.63) is 54.9 Å². The number of aryl methyl sites for hydroxylation is 1. The van der Waals surface area contributed by atoms with Gasteiger partial charge in [-0.1, -0.05) is 33.6 Å². The van der Waals surface area contributed by atoms with E-state index in [1.807, 2.05) is 6.92 Å². The van der Waals surface area contributed by atoms with E-state index in [0.29, 0.717) is 5.02 Å². The summed E-state index contributed by atoms with van der Waals surface area (Å²) in [6.07, 6.45) is 0. The van der Waals surface area contributed by atoms with Crippen LogP contribution in [0, 0.1) is 12.7 Å². The van der Waals surface area contributed by atoms with Gasteiger partial charge >= 0.3 is 0 Å². The number of hydrogen-bond donors (Lipinski definition) is 0. The molecule has 0 bridgehead atoms. The molecule has 0 aliphatic carbocycles. The van der Waals surface area contributed by atoms with Crippen molar-refractivity contribution in [2.75, 3.05) is 0 Å². The van der Waals surface area contributed by atoms with Crippen LogP contribution in [0.5, 0.6) is 0 Å². The van der Waals surface area contributed by atoms with Gasteiger partial charge in [-0.2, -0.15) is 0 Å². The number of alkyl halides is 1. The van der Waals surface area contributed by atoms with Gasteiger partial charge in [0.15, 0.2) is 0 Å². The Morgan fingerprint density at radius 1 is 1.35 bits per heavy atom. The zero-order chi connectivity index (χ0) is 12.6. The molecule has 1 aromatic heterocycles. The summed E-state index contributed by atoms with van der Waals surface area (Å²) in [5.74, 6) is -0.318. The molecule has 0 aliphatic rings. The molecule has 0 aliphatic heterocycles. The molecule has 90 valence electrons. The summed E-state index contributed by atoms with van der Waals surface area (Å²) in [5, 5.41) is 0.439. The molecule has 0 radical (unpaired) electrons. The second-order valence-electron chi connectivity index (χ2n) is 3.63. The summed E-state index contributed by atoms with van der Waals surface area (Å²) in [6, 6.07) is 6.56. The monoisotopic (exact) mass is 396 g/mol. The van der Waals surface area contributed by atoms with E-state index in [-0.39, 0.29) is 10.6 Å². The number of hydrogen-bond acceptors (Lipinski definition) is 1. The molecule has 0 saturated carbocycles. The van der Waals surface area contributed by atoms with Gasteiger partial charge in [-0.15, -0.1) is 11.3 Å². The first kappa shape index (κ1) is 13.5. The Balaban J connectivity index is 2.39. The van der Waals surface area contributed by atoms with E-state index in [1.165, 1.54) is 17.7 Å². The lowest BCUT2D eigenvalue weighted by Gasteiger charge is -2.10. The highest BCUT2D eigenvalue weighted by molar-refractivity contribution is 9.11. The molecule has 1 aromatic carbocycles. The lowest BCUT2D eigenvalue weighted by molar-refractivity contribution is 0.627. The Labute approximate surface area is 125 Å². The van der Waals surface area contributed by atoms with Crippen molar-refractivity contribution in [1.82, 2.24) is 0 Å². The van der Waals surface area contributed by atoms with Crippen LogP contribution in [-0.4, -0.2) is 0 Å². The van der Waals surface area contributed by atoms with Crippen molar-refractivity contribution in [3.8, 4) is 0 Å². The van der Waals surface area contributed by atoms with E-state index in [0.717, 1.165) is 14.2 Å². The van der Waals surface area contributed by atoms with E-state index in [2.05, 4.69) is 37.9 Å². The van der Waals surface area contributed by atoms with Gasteiger partial charge in [-0.05, 0) is 52.2 Å². The van der Waals surface area contributed by atoms with E-state index in [9.17, 15) is 4.39 Å². The molecule has 2 rings (SSSR count). The quantitative estimate of drug-likeness (QED) is 0.537. The number of thiophene rings is 1. The molecule has 1 atom stereocenters. The molecule has 17 heavy (non-hydrogen) atoms. The molecule has 0 spiro atoms. The predicted molar refractivity (Wildman–Crippen MR) is 78.9 cm³/mol. The molecule has 0 amide bonds. The van der Waals surface area contributed by atoms with Crippen LogP contribution in [0.1, 0.15) is 20.8 Å². The Morgan fingerprint density at radius 2 is 2.06 bits per heavy atom. The van der Waals surface area contributed by atoms with Crippen molar-refractivity contribution >= 4 is 54.8 Å². The van der Waals surface area contributed by atoms with Crippen molar-refractivity contribution < 1.29 is 4.39 Å². The first-order valence-electron chi connectivity index (χ1n) is 4.84. The van der Waals surface area contributed by atoms with Crippen molar-refractivity contribution in [1.29, 1.82) is 0 Å². The van der Waals surface area contributed by atoms with Crippen LogP contribution in [0.3, 0.4) is 0 Å². The summed E-state index contributed by atoms with van der Waals surface area (Å²) in [7, 11) is 0. The minimum atomic E-state index is -0.318. The molecule has 5 heteroatoms. The smallest absolute Gasteiger partial charge is 0.124 e. The zero-order valence-electron chi connectivity index (χ0n) is 8.81. The van der Waals surface area contributed by atoms with E-state index < -0.39 is 0 Å². The third kappa shape index (κ3) is 2.92. The Kier molecular flexibility index (Phi) is 4.29. The second kappa shape index (κ2) is 5.39. The zero-order valence-corrected chi connectivity index (χ0v) is 13.6. The number of benzene rings is 1. The van der Waals surface area contributed by atoms with Crippen LogP contribution >= 0.6 is 54.8 Å². The van der Waals surface area contributed by atoms with Crippen LogP contribution in [0.15, 0.2) is 28.1 Å². The minimum absolute atomic E-state index is 0.00870. The topological polar surface area (TPSA) is 0 Å². The highest BCUT2D eigenvalue weighted by Crippen LogP contribution is 2.41. The first-order chi connectivity index (χ1) is 7.99. The Morgan fingerprint density at radius 3 is 2.59 bits per heavy atom. The summed E-state index contributed by atoms with van der Waals surface area (Å²) in [4.78, 5) is 1.13. The third-order valence-corrected chi connectivity index (χ3v) is 6.18. The molecular formula is C12H8Br2ClFS. The summed E-state index contributed by atoms with van der Waals surface area (Å²) in [5.41, 5.74) is 2.06. The molecule has 0 saturated heterocycles. The fraction of sp³-hybridized carbons (Fsp3) is 0.167. The van der Waals surface area contributed by atoms with Gasteiger partial charge in [-0.25, -0.2) is 4.39 Å². The molecule has 2 aromatic rings. The van der Waals surface area contributed by atoms with E-state index in [4.69, 9.17) is 11.6 Å². The van der Waals surface area contributed by atoms with Crippen LogP contribution in [0.4, 0.5) is 4.39 Å². The largest absolute Gasteiger partial charge is 0.207 e. The van der Waals surface area contributed by atoms with Gasteiger partial charge in [0.05, 0.1) is 8.61 Å². The molecule has 0 nitrogen and oxygen atoms in total. The van der Waals surface area contributed by atoms with Crippen LogP contribution in [0.2, 0.25) is 5.02 Å². The normalized spacial score (nSPS) is 12.8. The maximum Gasteiger partial charge on any atom is 0.124 e. The number of rotatable bonds is 2. The third-order valence-electron chi connectivity index (χ3n) is 2.36. The Bertz CT molecular complexity index is 534. The SMILES string of the molecule is Cc1cc(C(Br)c2ccc(F)cc2Cl)sc1Br. The van der Waals surface area contributed by atoms with Crippen molar-refractivity contribution in [2.45, 2.75) is 11.8 Å².